The van der Waals surface area contributed by atoms with Gasteiger partial charge in [0.15, 0.2) is 6.61 Å². The SMILES string of the molecule is COC(=O)c1c(NC(=O)COC(=O)CCCNC(=O)c2ccc(Cl)cc2)sc2c1CCC2. The lowest BCUT2D eigenvalue weighted by Crippen LogP contribution is -2.25. The van der Waals surface area contributed by atoms with Gasteiger partial charge in [-0.1, -0.05) is 11.6 Å². The molecule has 2 amide bonds. The Morgan fingerprint density at radius 3 is 2.59 bits per heavy atom. The molecule has 0 unspecified atom stereocenters. The van der Waals surface area contributed by atoms with Gasteiger partial charge in [-0.2, -0.15) is 0 Å². The first-order valence-corrected chi connectivity index (χ1v) is 11.3. The number of amides is 2. The minimum Gasteiger partial charge on any atom is -0.465 e. The van der Waals surface area contributed by atoms with Crippen molar-refractivity contribution >= 4 is 51.7 Å². The second-order valence-corrected chi connectivity index (χ2v) is 8.67. The van der Waals surface area contributed by atoms with Gasteiger partial charge < -0.3 is 20.1 Å². The summed E-state index contributed by atoms with van der Waals surface area (Å²) in [7, 11) is 1.30. The van der Waals surface area contributed by atoms with Gasteiger partial charge in [-0.3, -0.25) is 14.4 Å². The molecule has 0 bridgehead atoms. The maximum Gasteiger partial charge on any atom is 0.341 e. The van der Waals surface area contributed by atoms with Crippen molar-refractivity contribution in [3.05, 3.63) is 50.9 Å². The number of methoxy groups -OCH3 is 1. The quantitative estimate of drug-likeness (QED) is 0.422. The zero-order valence-corrected chi connectivity index (χ0v) is 19.1. The molecule has 0 saturated carbocycles. The molecule has 1 aromatic heterocycles. The first-order valence-electron chi connectivity index (χ1n) is 10.1. The summed E-state index contributed by atoms with van der Waals surface area (Å²) >= 11 is 7.14. The van der Waals surface area contributed by atoms with Gasteiger partial charge in [0.25, 0.3) is 11.8 Å². The van der Waals surface area contributed by atoms with Crippen LogP contribution in [0.4, 0.5) is 5.00 Å². The molecule has 0 atom stereocenters. The molecule has 0 radical (unpaired) electrons. The molecule has 2 aromatic rings. The third kappa shape index (κ3) is 6.08. The van der Waals surface area contributed by atoms with E-state index < -0.39 is 24.5 Å². The Morgan fingerprint density at radius 2 is 1.88 bits per heavy atom. The fraction of sp³-hybridized carbons (Fsp3) is 0.364. The summed E-state index contributed by atoms with van der Waals surface area (Å²) in [5.41, 5.74) is 1.79. The maximum absolute atomic E-state index is 12.2. The number of halogens is 1. The number of rotatable bonds is 9. The van der Waals surface area contributed by atoms with Crippen molar-refractivity contribution in [1.29, 1.82) is 0 Å². The number of carbonyl (C=O) groups is 4. The van der Waals surface area contributed by atoms with Crippen LogP contribution in [0.25, 0.3) is 0 Å². The largest absolute Gasteiger partial charge is 0.465 e. The van der Waals surface area contributed by atoms with E-state index in [1.54, 1.807) is 24.3 Å². The van der Waals surface area contributed by atoms with Gasteiger partial charge in [-0.05, 0) is 55.5 Å². The second kappa shape index (κ2) is 11.1. The predicted molar refractivity (Wildman–Crippen MR) is 120 cm³/mol. The molecule has 10 heteroatoms. The summed E-state index contributed by atoms with van der Waals surface area (Å²) in [6, 6.07) is 6.46. The number of nitrogens with one attached hydrogen (secondary N) is 2. The number of benzene rings is 1. The Morgan fingerprint density at radius 1 is 1.12 bits per heavy atom. The molecule has 1 heterocycles. The molecule has 0 aliphatic heterocycles. The van der Waals surface area contributed by atoms with Crippen LogP contribution in [0.15, 0.2) is 24.3 Å². The average molecular weight is 479 g/mol. The summed E-state index contributed by atoms with van der Waals surface area (Å²) in [5, 5.41) is 6.31. The number of anilines is 1. The highest BCUT2D eigenvalue weighted by Crippen LogP contribution is 2.39. The molecule has 2 N–H and O–H groups in total. The van der Waals surface area contributed by atoms with Crippen molar-refractivity contribution in [3.63, 3.8) is 0 Å². The number of hydrogen-bond donors (Lipinski definition) is 2. The Labute approximate surface area is 194 Å². The van der Waals surface area contributed by atoms with Gasteiger partial charge in [0.05, 0.1) is 12.7 Å². The molecule has 32 heavy (non-hydrogen) atoms. The van der Waals surface area contributed by atoms with Gasteiger partial charge in [-0.25, -0.2) is 4.79 Å². The number of esters is 2. The third-order valence-corrected chi connectivity index (χ3v) is 6.34. The second-order valence-electron chi connectivity index (χ2n) is 7.13. The third-order valence-electron chi connectivity index (χ3n) is 4.88. The van der Waals surface area contributed by atoms with Crippen LogP contribution in [0.5, 0.6) is 0 Å². The molecule has 1 aliphatic rings. The average Bonchev–Trinajstić information content (AvgIpc) is 3.36. The molecule has 0 fully saturated rings. The number of thiophene rings is 1. The van der Waals surface area contributed by atoms with Crippen LogP contribution in [-0.4, -0.2) is 44.0 Å². The molecule has 1 aromatic carbocycles. The zero-order valence-electron chi connectivity index (χ0n) is 17.5. The number of hydrogen-bond acceptors (Lipinski definition) is 7. The summed E-state index contributed by atoms with van der Waals surface area (Å²) in [6.07, 6.45) is 3.02. The molecular formula is C22H23ClN2O6S. The van der Waals surface area contributed by atoms with E-state index in [9.17, 15) is 19.2 Å². The highest BCUT2D eigenvalue weighted by Gasteiger charge is 2.28. The van der Waals surface area contributed by atoms with Crippen molar-refractivity contribution in [2.24, 2.45) is 0 Å². The lowest BCUT2D eigenvalue weighted by atomic mass is 10.1. The smallest absolute Gasteiger partial charge is 0.341 e. The summed E-state index contributed by atoms with van der Waals surface area (Å²) in [4.78, 5) is 49.3. The molecule has 8 nitrogen and oxygen atoms in total. The fourth-order valence-corrected chi connectivity index (χ4v) is 4.75. The van der Waals surface area contributed by atoms with Gasteiger partial charge in [-0.15, -0.1) is 11.3 Å². The van der Waals surface area contributed by atoms with Crippen LogP contribution in [0.3, 0.4) is 0 Å². The van der Waals surface area contributed by atoms with Crippen LogP contribution in [0.2, 0.25) is 5.02 Å². The summed E-state index contributed by atoms with van der Waals surface area (Å²) in [5.74, 6) is -1.83. The van der Waals surface area contributed by atoms with E-state index in [2.05, 4.69) is 10.6 Å². The molecule has 3 rings (SSSR count). The molecular weight excluding hydrogens is 456 g/mol. The lowest BCUT2D eigenvalue weighted by Gasteiger charge is -2.08. The van der Waals surface area contributed by atoms with E-state index in [4.69, 9.17) is 21.1 Å². The zero-order chi connectivity index (χ0) is 23.1. The van der Waals surface area contributed by atoms with E-state index in [0.717, 1.165) is 29.7 Å². The monoisotopic (exact) mass is 478 g/mol. The minimum absolute atomic E-state index is 0.0505. The number of carbonyl (C=O) groups excluding carboxylic acids is 4. The number of fused-ring (bicyclic) bond motifs is 1. The Hall–Kier alpha value is -2.91. The van der Waals surface area contributed by atoms with Gasteiger partial charge >= 0.3 is 11.9 Å². The van der Waals surface area contributed by atoms with Crippen molar-refractivity contribution in [2.75, 3.05) is 25.6 Å². The van der Waals surface area contributed by atoms with Crippen LogP contribution in [0, 0.1) is 0 Å². The van der Waals surface area contributed by atoms with Crippen LogP contribution >= 0.6 is 22.9 Å². The molecule has 1 aliphatic carbocycles. The Bertz CT molecular complexity index is 1020. The molecule has 0 saturated heterocycles. The maximum atomic E-state index is 12.2. The van der Waals surface area contributed by atoms with Crippen molar-refractivity contribution in [1.82, 2.24) is 5.32 Å². The predicted octanol–water partition coefficient (Wildman–Crippen LogP) is 3.37. The fourth-order valence-electron chi connectivity index (χ4n) is 3.33. The highest BCUT2D eigenvalue weighted by molar-refractivity contribution is 7.17. The van der Waals surface area contributed by atoms with Crippen molar-refractivity contribution in [2.45, 2.75) is 32.1 Å². The highest BCUT2D eigenvalue weighted by atomic mass is 35.5. The number of ether oxygens (including phenoxy) is 2. The van der Waals surface area contributed by atoms with Crippen molar-refractivity contribution in [3.8, 4) is 0 Å². The van der Waals surface area contributed by atoms with Crippen molar-refractivity contribution < 1.29 is 28.7 Å². The first kappa shape index (κ1) is 23.7. The normalized spacial score (nSPS) is 12.1. The Kier molecular flexibility index (Phi) is 8.24. The van der Waals surface area contributed by atoms with Gasteiger partial charge in [0.2, 0.25) is 0 Å². The molecule has 170 valence electrons. The van der Waals surface area contributed by atoms with E-state index in [1.807, 2.05) is 0 Å². The topological polar surface area (TPSA) is 111 Å². The van der Waals surface area contributed by atoms with E-state index >= 15 is 0 Å². The van der Waals surface area contributed by atoms with E-state index in [-0.39, 0.29) is 18.9 Å². The van der Waals surface area contributed by atoms with Gasteiger partial charge in [0.1, 0.15) is 5.00 Å². The van der Waals surface area contributed by atoms with Crippen LogP contribution < -0.4 is 10.6 Å². The molecule has 0 spiro atoms. The first-order chi connectivity index (χ1) is 15.4. The summed E-state index contributed by atoms with van der Waals surface area (Å²) in [6.45, 7) is -0.175. The minimum atomic E-state index is -0.553. The van der Waals surface area contributed by atoms with Crippen LogP contribution in [0.1, 0.15) is 50.4 Å². The standard InChI is InChI=1S/C22H23ClN2O6S/c1-30-22(29)19-15-4-2-5-16(15)32-21(19)25-17(26)12-31-18(27)6-3-11-24-20(28)13-7-9-14(23)10-8-13/h7-10H,2-6,11-12H2,1H3,(H,24,28)(H,25,26). The number of aryl methyl sites for hydroxylation is 1. The lowest BCUT2D eigenvalue weighted by molar-refractivity contribution is -0.147. The Balaban J connectivity index is 1.39. The van der Waals surface area contributed by atoms with E-state index in [1.165, 1.54) is 18.4 Å². The summed E-state index contributed by atoms with van der Waals surface area (Å²) < 4.78 is 9.84. The van der Waals surface area contributed by atoms with E-state index in [0.29, 0.717) is 27.6 Å². The van der Waals surface area contributed by atoms with Crippen LogP contribution in [-0.2, 0) is 31.9 Å². The van der Waals surface area contributed by atoms with Gasteiger partial charge in [0, 0.05) is 28.4 Å².